The number of benzene rings is 2. The highest BCUT2D eigenvalue weighted by atomic mass is 35.5. The van der Waals surface area contributed by atoms with Gasteiger partial charge in [-0.25, -0.2) is 0 Å². The Kier molecular flexibility index (Phi) is 9.61. The van der Waals surface area contributed by atoms with E-state index in [4.69, 9.17) is 16.3 Å². The number of ether oxygens (including phenoxy) is 1. The summed E-state index contributed by atoms with van der Waals surface area (Å²) in [4.78, 5) is 30.0. The quantitative estimate of drug-likeness (QED) is 0.500. The van der Waals surface area contributed by atoms with Crippen molar-refractivity contribution in [2.24, 2.45) is 5.92 Å². The molecule has 1 atom stereocenters. The first-order valence-corrected chi connectivity index (χ1v) is 13.4. The lowest BCUT2D eigenvalue weighted by Crippen LogP contribution is -2.41. The third kappa shape index (κ3) is 7.45. The standard InChI is InChI=1S/C28H37ClN4O3/c1-21(29)27(34)31-24-7-8-26(25(20-24)28(35)30-11-14-32-15-17-36-18-16-32)33-12-9-23(10-13-33)19-22-5-3-2-4-6-22/h2-8,20-21,23H,9-19H2,1H3,(H,30,35)(H,31,34). The topological polar surface area (TPSA) is 73.9 Å². The van der Waals surface area contributed by atoms with Crippen LogP contribution in [0.3, 0.4) is 0 Å². The third-order valence-corrected chi connectivity index (χ3v) is 7.21. The molecule has 0 aromatic heterocycles. The molecule has 2 saturated heterocycles. The SMILES string of the molecule is CC(Cl)C(=O)Nc1ccc(N2CCC(Cc3ccccc3)CC2)c(C(=O)NCCN2CCOCC2)c1. The summed E-state index contributed by atoms with van der Waals surface area (Å²) < 4.78 is 5.40. The van der Waals surface area contributed by atoms with Gasteiger partial charge in [-0.15, -0.1) is 11.6 Å². The molecule has 4 rings (SSSR count). The first-order chi connectivity index (χ1) is 17.5. The van der Waals surface area contributed by atoms with Gasteiger partial charge in [-0.1, -0.05) is 30.3 Å². The zero-order valence-corrected chi connectivity index (χ0v) is 21.8. The summed E-state index contributed by atoms with van der Waals surface area (Å²) in [6.07, 6.45) is 3.25. The van der Waals surface area contributed by atoms with E-state index in [1.54, 1.807) is 13.0 Å². The molecule has 2 N–H and O–H groups in total. The van der Waals surface area contributed by atoms with E-state index in [1.807, 2.05) is 12.1 Å². The fourth-order valence-corrected chi connectivity index (χ4v) is 4.94. The van der Waals surface area contributed by atoms with Crippen molar-refractivity contribution in [3.05, 3.63) is 59.7 Å². The molecule has 2 heterocycles. The summed E-state index contributed by atoms with van der Waals surface area (Å²) in [6, 6.07) is 16.2. The minimum absolute atomic E-state index is 0.125. The highest BCUT2D eigenvalue weighted by Gasteiger charge is 2.24. The van der Waals surface area contributed by atoms with Crippen LogP contribution in [0.25, 0.3) is 0 Å². The van der Waals surface area contributed by atoms with Crippen LogP contribution in [0.1, 0.15) is 35.7 Å². The molecule has 0 radical (unpaired) electrons. The maximum absolute atomic E-state index is 13.3. The maximum atomic E-state index is 13.3. The Morgan fingerprint density at radius 3 is 2.47 bits per heavy atom. The molecule has 194 valence electrons. The molecular formula is C28H37ClN4O3. The molecule has 8 heteroatoms. The second-order valence-electron chi connectivity index (χ2n) is 9.67. The minimum Gasteiger partial charge on any atom is -0.379 e. The zero-order valence-electron chi connectivity index (χ0n) is 21.0. The lowest BCUT2D eigenvalue weighted by atomic mass is 9.89. The van der Waals surface area contributed by atoms with E-state index >= 15 is 0 Å². The molecule has 0 aliphatic carbocycles. The largest absolute Gasteiger partial charge is 0.379 e. The molecule has 2 fully saturated rings. The van der Waals surface area contributed by atoms with Gasteiger partial charge in [0, 0.05) is 50.6 Å². The van der Waals surface area contributed by atoms with Gasteiger partial charge in [0.25, 0.3) is 5.91 Å². The number of hydrogen-bond acceptors (Lipinski definition) is 5. The third-order valence-electron chi connectivity index (χ3n) is 7.01. The Hall–Kier alpha value is -2.61. The minimum atomic E-state index is -0.654. The zero-order chi connectivity index (χ0) is 25.3. The van der Waals surface area contributed by atoms with Crippen LogP contribution in [0, 0.1) is 5.92 Å². The Balaban J connectivity index is 1.42. The summed E-state index contributed by atoms with van der Waals surface area (Å²) in [7, 11) is 0. The molecule has 0 spiro atoms. The molecule has 1 unspecified atom stereocenters. The van der Waals surface area contributed by atoms with Crippen LogP contribution < -0.4 is 15.5 Å². The van der Waals surface area contributed by atoms with Crippen molar-refractivity contribution in [1.29, 1.82) is 0 Å². The van der Waals surface area contributed by atoms with Crippen LogP contribution in [0.4, 0.5) is 11.4 Å². The number of piperidine rings is 1. The predicted molar refractivity (Wildman–Crippen MR) is 145 cm³/mol. The normalized spacial score (nSPS) is 18.0. The van der Waals surface area contributed by atoms with Crippen molar-refractivity contribution in [1.82, 2.24) is 10.2 Å². The van der Waals surface area contributed by atoms with Crippen LogP contribution in [-0.2, 0) is 16.0 Å². The molecule has 2 aromatic rings. The molecule has 0 bridgehead atoms. The smallest absolute Gasteiger partial charge is 0.253 e. The second kappa shape index (κ2) is 13.1. The van der Waals surface area contributed by atoms with E-state index in [1.165, 1.54) is 5.56 Å². The van der Waals surface area contributed by atoms with Gasteiger partial charge in [0.05, 0.1) is 18.8 Å². The lowest BCUT2D eigenvalue weighted by molar-refractivity contribution is -0.115. The second-order valence-corrected chi connectivity index (χ2v) is 10.3. The van der Waals surface area contributed by atoms with E-state index in [0.717, 1.165) is 70.9 Å². The highest BCUT2D eigenvalue weighted by Crippen LogP contribution is 2.30. The number of morpholine rings is 1. The van der Waals surface area contributed by atoms with Gasteiger partial charge in [-0.3, -0.25) is 14.5 Å². The molecule has 7 nitrogen and oxygen atoms in total. The Morgan fingerprint density at radius 1 is 1.06 bits per heavy atom. The van der Waals surface area contributed by atoms with Gasteiger partial charge in [0.15, 0.2) is 0 Å². The van der Waals surface area contributed by atoms with E-state index < -0.39 is 5.38 Å². The van der Waals surface area contributed by atoms with E-state index in [2.05, 4.69) is 50.8 Å². The predicted octanol–water partition coefficient (Wildman–Crippen LogP) is 3.77. The number of amides is 2. The molecule has 2 aliphatic heterocycles. The van der Waals surface area contributed by atoms with Crippen LogP contribution in [0.2, 0.25) is 0 Å². The number of alkyl halides is 1. The van der Waals surface area contributed by atoms with Crippen LogP contribution in [-0.4, -0.2) is 74.6 Å². The molecule has 0 saturated carbocycles. The van der Waals surface area contributed by atoms with Gasteiger partial charge in [-0.2, -0.15) is 0 Å². The first kappa shape index (κ1) is 26.5. The number of carbonyl (C=O) groups is 2. The summed E-state index contributed by atoms with van der Waals surface area (Å²) in [5.74, 6) is 0.225. The average molecular weight is 513 g/mol. The fraction of sp³-hybridized carbons (Fsp3) is 0.500. The van der Waals surface area contributed by atoms with Crippen LogP contribution >= 0.6 is 11.6 Å². The van der Waals surface area contributed by atoms with Crippen molar-refractivity contribution in [3.8, 4) is 0 Å². The van der Waals surface area contributed by atoms with Gasteiger partial charge >= 0.3 is 0 Å². The van der Waals surface area contributed by atoms with Gasteiger partial charge in [0.1, 0.15) is 5.38 Å². The van der Waals surface area contributed by atoms with E-state index in [0.29, 0.717) is 23.7 Å². The Morgan fingerprint density at radius 2 is 1.78 bits per heavy atom. The lowest BCUT2D eigenvalue weighted by Gasteiger charge is -2.35. The number of hydrogen-bond donors (Lipinski definition) is 2. The monoisotopic (exact) mass is 512 g/mol. The van der Waals surface area contributed by atoms with Gasteiger partial charge < -0.3 is 20.3 Å². The van der Waals surface area contributed by atoms with E-state index in [9.17, 15) is 9.59 Å². The summed E-state index contributed by atoms with van der Waals surface area (Å²) >= 11 is 5.93. The average Bonchev–Trinajstić information content (AvgIpc) is 2.90. The van der Waals surface area contributed by atoms with Crippen LogP contribution in [0.15, 0.2) is 48.5 Å². The summed E-state index contributed by atoms with van der Waals surface area (Å²) in [5, 5.41) is 5.25. The van der Waals surface area contributed by atoms with Crippen molar-refractivity contribution in [3.63, 3.8) is 0 Å². The number of nitrogens with one attached hydrogen (secondary N) is 2. The number of halogens is 1. The molecule has 2 aliphatic rings. The fourth-order valence-electron chi connectivity index (χ4n) is 4.89. The number of anilines is 2. The van der Waals surface area contributed by atoms with Gasteiger partial charge in [0.2, 0.25) is 5.91 Å². The highest BCUT2D eigenvalue weighted by molar-refractivity contribution is 6.32. The van der Waals surface area contributed by atoms with Crippen molar-refractivity contribution >= 4 is 34.8 Å². The molecular weight excluding hydrogens is 476 g/mol. The maximum Gasteiger partial charge on any atom is 0.253 e. The summed E-state index contributed by atoms with van der Waals surface area (Å²) in [5.41, 5.74) is 3.45. The number of nitrogens with zero attached hydrogens (tertiary/aromatic N) is 2. The summed E-state index contributed by atoms with van der Waals surface area (Å²) in [6.45, 7) is 8.02. The Bertz CT molecular complexity index is 1000. The van der Waals surface area contributed by atoms with Crippen molar-refractivity contribution < 1.29 is 14.3 Å². The number of rotatable bonds is 9. The Labute approximate surface area is 219 Å². The number of carbonyl (C=O) groups excluding carboxylic acids is 2. The molecule has 2 aromatic carbocycles. The molecule has 2 amide bonds. The van der Waals surface area contributed by atoms with Crippen LogP contribution in [0.5, 0.6) is 0 Å². The van der Waals surface area contributed by atoms with Crippen molar-refractivity contribution in [2.75, 3.05) is 62.7 Å². The molecule has 36 heavy (non-hydrogen) atoms. The van der Waals surface area contributed by atoms with Gasteiger partial charge in [-0.05, 0) is 55.9 Å². The van der Waals surface area contributed by atoms with Crippen molar-refractivity contribution in [2.45, 2.75) is 31.6 Å². The first-order valence-electron chi connectivity index (χ1n) is 13.0. The van der Waals surface area contributed by atoms with E-state index in [-0.39, 0.29) is 11.8 Å².